The summed E-state index contributed by atoms with van der Waals surface area (Å²) in [6.07, 6.45) is 0. The van der Waals surface area contributed by atoms with Crippen molar-refractivity contribution in [1.29, 1.82) is 0 Å². The second-order valence-corrected chi connectivity index (χ2v) is 7.89. The average Bonchev–Trinajstić information content (AvgIpc) is 1.65. The Kier molecular flexibility index (Phi) is 8.52. The third-order valence-electron chi connectivity index (χ3n) is 0.622. The fraction of sp³-hybridized carbons (Fsp3) is 0. The molecule has 0 radical (unpaired) electrons. The van der Waals surface area contributed by atoms with Crippen molar-refractivity contribution in [3.05, 3.63) is 0 Å². The summed E-state index contributed by atoms with van der Waals surface area (Å²) in [6.45, 7) is 0. The number of hydrogen-bond donors (Lipinski definition) is 5. The van der Waals surface area contributed by atoms with Crippen molar-refractivity contribution in [3.63, 3.8) is 0 Å². The van der Waals surface area contributed by atoms with E-state index in [9.17, 15) is 23.2 Å². The van der Waals surface area contributed by atoms with Crippen LogP contribution < -0.4 is 34.5 Å². The molecule has 0 heterocycles. The molecule has 0 rings (SSSR count). The van der Waals surface area contributed by atoms with Crippen LogP contribution in [-0.4, -0.2) is 24.5 Å². The molecule has 0 fully saturated rings. The van der Waals surface area contributed by atoms with Crippen molar-refractivity contribution in [2.45, 2.75) is 0 Å². The summed E-state index contributed by atoms with van der Waals surface area (Å²) in [4.78, 5) is 51.2. The maximum atomic E-state index is 10.7. The summed E-state index contributed by atoms with van der Waals surface area (Å²) in [7, 11) is -23.0. The molecule has 0 aromatic rings. The zero-order valence-electron chi connectivity index (χ0n) is 8.29. The molecule has 13 nitrogen and oxygen atoms in total. The Morgan fingerprint density at radius 2 is 1.06 bits per heavy atom. The Morgan fingerprint density at radius 1 is 0.722 bits per heavy atom. The van der Waals surface area contributed by atoms with E-state index < -0.39 is 31.3 Å². The molecule has 18 heteroatoms. The van der Waals surface area contributed by atoms with Crippen LogP contribution in [0.2, 0.25) is 0 Å². The van der Waals surface area contributed by atoms with Gasteiger partial charge >= 0.3 is 53.0 Å². The summed E-state index contributed by atoms with van der Waals surface area (Å²) in [5, 5.41) is 0. The van der Waals surface area contributed by atoms with Crippen molar-refractivity contribution in [3.8, 4) is 0 Å². The number of hydrogen-bond acceptors (Lipinski definition) is 8. The minimum Gasteiger partial charge on any atom is -0.756 e. The van der Waals surface area contributed by atoms with Crippen LogP contribution in [-0.2, 0) is 31.2 Å². The van der Waals surface area contributed by atoms with Crippen molar-refractivity contribution in [1.82, 2.24) is 0 Å². The Balaban J connectivity index is 0. The van der Waals surface area contributed by atoms with Gasteiger partial charge in [-0.2, -0.15) is 8.62 Å². The van der Waals surface area contributed by atoms with E-state index in [1.54, 1.807) is 0 Å². The average molecular weight is 360 g/mol. The van der Waals surface area contributed by atoms with E-state index >= 15 is 0 Å². The van der Waals surface area contributed by atoms with Crippen LogP contribution in [0.1, 0.15) is 0 Å². The summed E-state index contributed by atoms with van der Waals surface area (Å²) < 4.78 is 50.5. The summed E-state index contributed by atoms with van der Waals surface area (Å²) in [5.74, 6) is 0. The molecule has 0 bridgehead atoms. The molecular weight excluding hydrogens is 355 g/mol. The van der Waals surface area contributed by atoms with E-state index in [0.717, 1.165) is 0 Å². The molecule has 0 aliphatic rings. The van der Waals surface area contributed by atoms with Crippen LogP contribution in [0.3, 0.4) is 0 Å². The predicted molar refractivity (Wildman–Crippen MR) is 44.8 cm³/mol. The van der Waals surface area contributed by atoms with Crippen LogP contribution in [0.15, 0.2) is 0 Å². The Morgan fingerprint density at radius 3 is 1.33 bits per heavy atom. The molecule has 0 aromatic heterocycles. The smallest absolute Gasteiger partial charge is 0.756 e. The molecule has 0 saturated carbocycles. The fourth-order valence-electron chi connectivity index (χ4n) is 0.425. The van der Waals surface area contributed by atoms with Gasteiger partial charge in [0.05, 0.1) is 0 Å². The van der Waals surface area contributed by atoms with Crippen LogP contribution in [0.25, 0.3) is 0 Å². The van der Waals surface area contributed by atoms with Crippen molar-refractivity contribution in [2.75, 3.05) is 0 Å². The molecule has 3 atom stereocenters. The van der Waals surface area contributed by atoms with Crippen LogP contribution in [0.4, 0.5) is 0 Å². The molecular formula is H5NaO13P4. The first-order chi connectivity index (χ1) is 7.12. The zero-order valence-corrected chi connectivity index (χ0v) is 13.9. The minimum atomic E-state index is -5.83. The zero-order chi connectivity index (χ0) is 14.1. The first-order valence-corrected chi connectivity index (χ1v) is 9.02. The normalized spacial score (nSPS) is 22.1. The van der Waals surface area contributed by atoms with Crippen molar-refractivity contribution >= 4 is 31.3 Å². The fourth-order valence-corrected chi connectivity index (χ4v) is 4.36. The standard InChI is InChI=1S/Na.H6O13P4/c;1-14(2,3)11-16(7,8)13-17(9,10)12-15(4,5)6/h;(H,7,8)(H,9,10)(H2,1,2,3)(H2,4,5,6)/q+1;/p-1. The third kappa shape index (κ3) is 12.6. The van der Waals surface area contributed by atoms with Gasteiger partial charge in [0.25, 0.3) is 7.82 Å². The van der Waals surface area contributed by atoms with Gasteiger partial charge in [-0.15, -0.1) is 0 Å². The molecule has 5 N–H and O–H groups in total. The largest absolute Gasteiger partial charge is 1.00 e. The van der Waals surface area contributed by atoms with E-state index in [2.05, 4.69) is 12.9 Å². The van der Waals surface area contributed by atoms with Gasteiger partial charge in [-0.05, 0) is 0 Å². The van der Waals surface area contributed by atoms with E-state index in [0.29, 0.717) is 0 Å². The van der Waals surface area contributed by atoms with Gasteiger partial charge < -0.3 is 29.4 Å². The van der Waals surface area contributed by atoms with Crippen LogP contribution >= 0.6 is 31.3 Å². The van der Waals surface area contributed by atoms with E-state index in [-0.39, 0.29) is 29.6 Å². The molecule has 0 aliphatic heterocycles. The van der Waals surface area contributed by atoms with Gasteiger partial charge in [-0.3, -0.25) is 4.57 Å². The number of phosphoric acid groups is 4. The maximum absolute atomic E-state index is 10.7. The predicted octanol–water partition coefficient (Wildman–Crippen LogP) is -4.21. The minimum absolute atomic E-state index is 0. The molecule has 0 aliphatic carbocycles. The quantitative estimate of drug-likeness (QED) is 0.224. The van der Waals surface area contributed by atoms with Crippen LogP contribution in [0.5, 0.6) is 0 Å². The van der Waals surface area contributed by atoms with Crippen LogP contribution in [0, 0.1) is 0 Å². The first kappa shape index (κ1) is 21.9. The Bertz CT molecular complexity index is 408. The van der Waals surface area contributed by atoms with E-state index in [1.807, 2.05) is 0 Å². The second-order valence-electron chi connectivity index (χ2n) is 2.14. The monoisotopic (exact) mass is 360 g/mol. The van der Waals surface area contributed by atoms with Gasteiger partial charge in [-0.25, -0.2) is 18.0 Å². The Labute approximate surface area is 121 Å². The third-order valence-corrected chi connectivity index (χ3v) is 5.60. The van der Waals surface area contributed by atoms with Gasteiger partial charge in [0.15, 0.2) is 0 Å². The van der Waals surface area contributed by atoms with E-state index in [4.69, 9.17) is 24.5 Å². The summed E-state index contributed by atoms with van der Waals surface area (Å²) >= 11 is 0. The van der Waals surface area contributed by atoms with Crippen molar-refractivity contribution in [2.24, 2.45) is 0 Å². The molecule has 104 valence electrons. The van der Waals surface area contributed by atoms with Gasteiger partial charge in [0, 0.05) is 0 Å². The maximum Gasteiger partial charge on any atom is 1.00 e. The van der Waals surface area contributed by atoms with Gasteiger partial charge in [0.1, 0.15) is 0 Å². The van der Waals surface area contributed by atoms with E-state index in [1.165, 1.54) is 0 Å². The molecule has 0 saturated heterocycles. The summed E-state index contributed by atoms with van der Waals surface area (Å²) in [5.41, 5.74) is 0. The van der Waals surface area contributed by atoms with Gasteiger partial charge in [-0.1, -0.05) is 0 Å². The SMILES string of the molecule is O=P([O-])(O)OP(=O)(O)OP(=O)(O)OP(=O)(O)O.[Na+]. The second kappa shape index (κ2) is 7.02. The molecule has 3 unspecified atom stereocenters. The topological polar surface area (TPSA) is 220 Å². The van der Waals surface area contributed by atoms with Gasteiger partial charge in [0.2, 0.25) is 0 Å². The number of rotatable bonds is 6. The molecule has 0 aromatic carbocycles. The first-order valence-electron chi connectivity index (χ1n) is 3.01. The molecule has 0 amide bonds. The Hall–Kier alpha value is 1.56. The molecule has 18 heavy (non-hydrogen) atoms. The van der Waals surface area contributed by atoms with Crippen molar-refractivity contribution < 1.29 is 90.1 Å². The summed E-state index contributed by atoms with van der Waals surface area (Å²) in [6, 6.07) is 0. The molecule has 0 spiro atoms.